The molecule has 0 unspecified atom stereocenters. The zero-order chi connectivity index (χ0) is 43.8. The number of aliphatic hydroxyl groups excluding tert-OH is 5. The Morgan fingerprint density at radius 1 is 0.984 bits per heavy atom. The molecule has 62 heavy (non-hydrogen) atoms. The first-order chi connectivity index (χ1) is 29.9. The number of carbonyl (C=O) groups excluding carboxylic acids is 1. The summed E-state index contributed by atoms with van der Waals surface area (Å²) in [6.45, 7) is -0.429. The number of fused-ring (bicyclic) bond motifs is 6. The molecule has 1 saturated heterocycles. The van der Waals surface area contributed by atoms with Crippen molar-refractivity contribution in [2.24, 2.45) is 11.5 Å². The Labute approximate surface area is 353 Å². The van der Waals surface area contributed by atoms with Gasteiger partial charge in [0.15, 0.2) is 17.6 Å². The molecule has 3 aliphatic heterocycles. The Morgan fingerprint density at radius 3 is 2.48 bits per heavy atom. The third-order valence-electron chi connectivity index (χ3n) is 11.4. The number of hydrogen-bond donors (Lipinski definition) is 9. The van der Waals surface area contributed by atoms with Crippen molar-refractivity contribution >= 4 is 22.8 Å². The predicted octanol–water partition coefficient (Wildman–Crippen LogP) is 0.927. The van der Waals surface area contributed by atoms with E-state index in [1.54, 1.807) is 24.4 Å². The molecule has 2 aromatic heterocycles. The number of H-pyrrole nitrogens is 1. The number of rotatable bonds is 16. The number of aliphatic carboxylic acids is 1. The van der Waals surface area contributed by atoms with Crippen LogP contribution in [-0.4, -0.2) is 122 Å². The molecule has 9 atom stereocenters. The summed E-state index contributed by atoms with van der Waals surface area (Å²) < 4.78 is 44.8. The van der Waals surface area contributed by atoms with Crippen LogP contribution in [0, 0.1) is 0 Å². The first kappa shape index (κ1) is 42.8. The lowest BCUT2D eigenvalue weighted by molar-refractivity contribution is -0.291. The van der Waals surface area contributed by atoms with Gasteiger partial charge >= 0.3 is 11.9 Å². The summed E-state index contributed by atoms with van der Waals surface area (Å²) in [5, 5.41) is 63.4. The summed E-state index contributed by atoms with van der Waals surface area (Å²) in [5.41, 5.74) is 16.1. The van der Waals surface area contributed by atoms with E-state index in [4.69, 9.17) is 49.7 Å². The molecule has 1 fully saturated rings. The number of aromatic nitrogens is 2. The van der Waals surface area contributed by atoms with Gasteiger partial charge in [-0.1, -0.05) is 36.4 Å². The van der Waals surface area contributed by atoms with E-state index in [0.29, 0.717) is 46.2 Å². The third kappa shape index (κ3) is 8.12. The van der Waals surface area contributed by atoms with Crippen LogP contribution in [0.15, 0.2) is 73.1 Å². The molecule has 5 heterocycles. The maximum Gasteiger partial charge on any atom is 0.317 e. The number of nitrogens with one attached hydrogen (secondary N) is 1. The molecule has 3 aromatic carbocycles. The minimum Gasteiger partial charge on any atom is -0.493 e. The number of nitrogens with zero attached hydrogens (tertiary/aromatic N) is 1. The highest BCUT2D eigenvalue weighted by Gasteiger charge is 2.52. The summed E-state index contributed by atoms with van der Waals surface area (Å²) >= 11 is 0. The minimum atomic E-state index is -1.93. The van der Waals surface area contributed by atoms with Crippen molar-refractivity contribution in [1.82, 2.24) is 9.55 Å². The van der Waals surface area contributed by atoms with Crippen molar-refractivity contribution in [1.29, 1.82) is 0 Å². The lowest BCUT2D eigenvalue weighted by atomic mass is 9.80. The van der Waals surface area contributed by atoms with Crippen molar-refractivity contribution in [2.75, 3.05) is 20.3 Å². The molecule has 8 rings (SSSR count). The second kappa shape index (κ2) is 17.8. The lowest BCUT2D eigenvalue weighted by Crippen LogP contribution is -2.66. The van der Waals surface area contributed by atoms with Gasteiger partial charge in [0.05, 0.1) is 43.6 Å². The van der Waals surface area contributed by atoms with Gasteiger partial charge in [-0.25, -0.2) is 0 Å². The number of carbonyl (C=O) groups is 2. The molecule has 5 aromatic rings. The van der Waals surface area contributed by atoms with Crippen LogP contribution in [0.2, 0.25) is 0 Å². The van der Waals surface area contributed by atoms with Gasteiger partial charge in [0, 0.05) is 47.9 Å². The molecule has 0 spiro atoms. The molecule has 0 saturated carbocycles. The van der Waals surface area contributed by atoms with Gasteiger partial charge in [-0.2, -0.15) is 0 Å². The van der Waals surface area contributed by atoms with E-state index in [1.807, 2.05) is 53.2 Å². The zero-order valence-electron chi connectivity index (χ0n) is 33.4. The smallest absolute Gasteiger partial charge is 0.317 e. The van der Waals surface area contributed by atoms with E-state index in [9.17, 15) is 35.1 Å². The number of aromatic amines is 1. The summed E-state index contributed by atoms with van der Waals surface area (Å²) in [7, 11) is 1.51. The largest absolute Gasteiger partial charge is 0.493 e. The molecule has 330 valence electrons. The average Bonchev–Trinajstić information content (AvgIpc) is 3.96. The highest BCUT2D eigenvalue weighted by atomic mass is 16.7. The highest BCUT2D eigenvalue weighted by molar-refractivity contribution is 5.90. The highest BCUT2D eigenvalue weighted by Crippen LogP contribution is 2.59. The van der Waals surface area contributed by atoms with Crippen LogP contribution in [0.4, 0.5) is 0 Å². The Morgan fingerprint density at radius 2 is 1.77 bits per heavy atom. The normalized spacial score (nSPS) is 24.3. The van der Waals surface area contributed by atoms with Crippen LogP contribution >= 0.6 is 0 Å². The van der Waals surface area contributed by atoms with E-state index in [0.717, 1.165) is 22.0 Å². The Kier molecular flexibility index (Phi) is 12.3. The van der Waals surface area contributed by atoms with Crippen LogP contribution in [0.25, 0.3) is 10.9 Å². The Balaban J connectivity index is 1.23. The van der Waals surface area contributed by atoms with Gasteiger partial charge in [-0.05, 0) is 29.3 Å². The number of carboxylic acids is 1. The molecule has 19 heteroatoms. The first-order valence-electron chi connectivity index (χ1n) is 19.9. The molecule has 3 aliphatic rings. The molecule has 0 radical (unpaired) electrons. The van der Waals surface area contributed by atoms with Crippen molar-refractivity contribution in [3.63, 3.8) is 0 Å². The number of aliphatic hydroxyl groups is 5. The molecule has 11 N–H and O–H groups in total. The van der Waals surface area contributed by atoms with E-state index in [-0.39, 0.29) is 32.1 Å². The van der Waals surface area contributed by atoms with E-state index in [1.165, 1.54) is 7.11 Å². The summed E-state index contributed by atoms with van der Waals surface area (Å²) in [4.78, 5) is 26.7. The van der Waals surface area contributed by atoms with Crippen molar-refractivity contribution in [3.8, 4) is 28.7 Å². The van der Waals surface area contributed by atoms with Gasteiger partial charge in [-0.3, -0.25) is 9.59 Å². The number of carboxylic acid groups (broad SMARTS) is 1. The molecular formula is C43H48N4O15. The molecule has 0 aliphatic carbocycles. The van der Waals surface area contributed by atoms with Crippen LogP contribution in [-0.2, 0) is 38.6 Å². The van der Waals surface area contributed by atoms with E-state index >= 15 is 0 Å². The van der Waals surface area contributed by atoms with Gasteiger partial charge < -0.3 is 84.8 Å². The monoisotopic (exact) mass is 860 g/mol. The van der Waals surface area contributed by atoms with Gasteiger partial charge in [0.1, 0.15) is 61.2 Å². The predicted molar refractivity (Wildman–Crippen MR) is 216 cm³/mol. The van der Waals surface area contributed by atoms with Crippen LogP contribution < -0.4 is 35.2 Å². The summed E-state index contributed by atoms with van der Waals surface area (Å²) in [5.74, 6) is -1.56. The van der Waals surface area contributed by atoms with Gasteiger partial charge in [0.25, 0.3) is 0 Å². The van der Waals surface area contributed by atoms with Crippen molar-refractivity contribution < 1.29 is 73.4 Å². The number of ether oxygens (including phenoxy) is 7. The number of methoxy groups -OCH3 is 1. The second-order valence-corrected chi connectivity index (χ2v) is 15.3. The second-order valence-electron chi connectivity index (χ2n) is 15.3. The minimum absolute atomic E-state index is 0.0207. The number of nitrogens with two attached hydrogens (primary N) is 2. The van der Waals surface area contributed by atoms with Crippen molar-refractivity contribution in [2.45, 2.75) is 87.1 Å². The average molecular weight is 861 g/mol. The van der Waals surface area contributed by atoms with Gasteiger partial charge in [-0.15, -0.1) is 0 Å². The maximum atomic E-state index is 12.4. The summed E-state index contributed by atoms with van der Waals surface area (Å²) in [6, 6.07) is 18.6. The standard InChI is InChI=1S/C43H48N4O15/c1-56-26-8-7-24-32-27(13-20-5-3-2-4-6-20)59-28-15-23(58-43-36(55)34(53)35(54)40(62-43)41(42(44)45)60-30(52)16-29(50)51)14-22(18-47-17-21-9-10-46-33(21)25(47)19-49)31(28)39(32)61-37(24)38(26)57-12-11-48/h2-10,14-15,17,27,32,34-36,39-43,46,48-49,53-55H,11-13,16,18-19,44-45H2,1H3,(H,50,51)/t27-,32-,34+,35+,36-,39+,40+,41+,43-/m1/s1. The quantitative estimate of drug-likeness (QED) is 0.0379. The van der Waals surface area contributed by atoms with Crippen LogP contribution in [0.5, 0.6) is 28.7 Å². The SMILES string of the molecule is COc1ccc2c(c1OCCO)O[C@H]1c3c(Cn4cc5cc[nH]c5c4CO)cc(O[C@@H]4O[C@H]([C@H](OC(=O)CC(=O)O)C(N)N)[C@@H](O)[C@H](O)[C@H]4O)cc3O[C@H](Cc3ccccc3)[C@@H]21. The molecule has 19 nitrogen and oxygen atoms in total. The number of benzene rings is 3. The zero-order valence-corrected chi connectivity index (χ0v) is 33.4. The maximum absolute atomic E-state index is 12.4. The van der Waals surface area contributed by atoms with Gasteiger partial charge in [0.2, 0.25) is 12.0 Å². The Hall–Kier alpha value is -5.90. The topological polar surface area (TPSA) is 293 Å². The summed E-state index contributed by atoms with van der Waals surface area (Å²) in [6.07, 6.45) is -10.5. The molecule has 0 amide bonds. The number of esters is 1. The van der Waals surface area contributed by atoms with Crippen LogP contribution in [0.3, 0.4) is 0 Å². The van der Waals surface area contributed by atoms with Crippen LogP contribution in [0.1, 0.15) is 46.4 Å². The van der Waals surface area contributed by atoms with E-state index < -0.39 is 79.5 Å². The van der Waals surface area contributed by atoms with Crippen molar-refractivity contribution in [3.05, 3.63) is 101 Å². The fraction of sp³-hybridized carbons (Fsp3) is 0.395. The van der Waals surface area contributed by atoms with E-state index in [2.05, 4.69) is 4.98 Å². The fourth-order valence-corrected chi connectivity index (χ4v) is 8.59. The lowest BCUT2D eigenvalue weighted by Gasteiger charge is -2.43. The fourth-order valence-electron chi connectivity index (χ4n) is 8.59. The molecular weight excluding hydrogens is 812 g/mol. The molecule has 0 bridgehead atoms. The third-order valence-corrected chi connectivity index (χ3v) is 11.4. The Bertz CT molecular complexity index is 2400. The first-order valence-corrected chi connectivity index (χ1v) is 19.9. The number of hydrogen-bond acceptors (Lipinski definition) is 16.